The number of fused-ring (bicyclic) bond motifs is 1. The van der Waals surface area contributed by atoms with Crippen molar-refractivity contribution >= 4 is 0 Å². The van der Waals surface area contributed by atoms with Gasteiger partial charge in [-0.25, -0.2) is 0 Å². The van der Waals surface area contributed by atoms with Crippen LogP contribution in [-0.4, -0.2) is 33.4 Å². The van der Waals surface area contributed by atoms with Crippen LogP contribution in [0.4, 0.5) is 0 Å². The molecule has 1 atom stereocenters. The number of hydrogen-bond acceptors (Lipinski definition) is 4. The fourth-order valence-corrected chi connectivity index (χ4v) is 2.78. The molecule has 0 aromatic heterocycles. The zero-order valence-electron chi connectivity index (χ0n) is 10.7. The van der Waals surface area contributed by atoms with Crippen molar-refractivity contribution in [2.24, 2.45) is 0 Å². The summed E-state index contributed by atoms with van der Waals surface area (Å²) < 4.78 is 16.8. The van der Waals surface area contributed by atoms with E-state index >= 15 is 0 Å². The molecule has 2 aliphatic rings. The normalized spacial score (nSPS) is 22.2. The molecule has 98 valence electrons. The maximum atomic E-state index is 5.78. The lowest BCUT2D eigenvalue weighted by molar-refractivity contribution is 0.152. The van der Waals surface area contributed by atoms with Crippen LogP contribution in [0.15, 0.2) is 12.1 Å². The van der Waals surface area contributed by atoms with Crippen molar-refractivity contribution in [3.05, 3.63) is 23.3 Å². The Hall–Kier alpha value is -1.26. The fraction of sp³-hybridized carbons (Fsp3) is 0.571. The summed E-state index contributed by atoms with van der Waals surface area (Å²) in [5.74, 6) is 2.29. The molecule has 0 saturated carbocycles. The minimum atomic E-state index is 0.561. The lowest BCUT2D eigenvalue weighted by Crippen LogP contribution is -2.18. The van der Waals surface area contributed by atoms with Gasteiger partial charge in [-0.1, -0.05) is 6.07 Å². The van der Waals surface area contributed by atoms with E-state index < -0.39 is 0 Å². The number of rotatable bonds is 3. The van der Waals surface area contributed by atoms with Crippen LogP contribution in [0.3, 0.4) is 0 Å². The van der Waals surface area contributed by atoms with Crippen LogP contribution < -0.4 is 14.8 Å². The Bertz CT molecular complexity index is 427. The smallest absolute Gasteiger partial charge is 0.167 e. The summed E-state index contributed by atoms with van der Waals surface area (Å²) in [7, 11) is 1.72. The number of nitrogens with one attached hydrogen (secondary N) is 1. The molecule has 2 heterocycles. The van der Waals surface area contributed by atoms with Gasteiger partial charge in [-0.05, 0) is 30.5 Å². The molecule has 1 N–H and O–H groups in total. The van der Waals surface area contributed by atoms with E-state index in [1.54, 1.807) is 7.11 Å². The van der Waals surface area contributed by atoms with Gasteiger partial charge in [0, 0.05) is 19.2 Å². The average molecular weight is 249 g/mol. The van der Waals surface area contributed by atoms with E-state index in [2.05, 4.69) is 11.4 Å². The highest BCUT2D eigenvalue weighted by molar-refractivity contribution is 5.52. The molecule has 1 aromatic carbocycles. The van der Waals surface area contributed by atoms with Crippen LogP contribution in [-0.2, 0) is 11.3 Å². The molecule has 3 rings (SSSR count). The van der Waals surface area contributed by atoms with Gasteiger partial charge < -0.3 is 19.5 Å². The summed E-state index contributed by atoms with van der Waals surface area (Å²) in [5.41, 5.74) is 2.49. The van der Waals surface area contributed by atoms with E-state index in [0.29, 0.717) is 25.7 Å². The van der Waals surface area contributed by atoms with Gasteiger partial charge in [0.05, 0.1) is 6.61 Å². The van der Waals surface area contributed by atoms with Gasteiger partial charge in [0.1, 0.15) is 13.2 Å². The number of ether oxygens (including phenoxy) is 3. The Labute approximate surface area is 107 Å². The van der Waals surface area contributed by atoms with Gasteiger partial charge in [-0.3, -0.25) is 0 Å². The Kier molecular flexibility index (Phi) is 3.39. The largest absolute Gasteiger partial charge is 0.486 e. The first kappa shape index (κ1) is 11.8. The molecule has 0 amide bonds. The van der Waals surface area contributed by atoms with Gasteiger partial charge in [0.25, 0.3) is 0 Å². The maximum absolute atomic E-state index is 5.78. The molecular weight excluding hydrogens is 230 g/mol. The van der Waals surface area contributed by atoms with Crippen LogP contribution in [0.25, 0.3) is 0 Å². The van der Waals surface area contributed by atoms with Gasteiger partial charge >= 0.3 is 0 Å². The predicted octanol–water partition coefficient (Wildman–Crippen LogP) is 1.68. The van der Waals surface area contributed by atoms with Gasteiger partial charge in [0.15, 0.2) is 11.5 Å². The predicted molar refractivity (Wildman–Crippen MR) is 68.4 cm³/mol. The standard InChI is InChI=1S/C14H19NO3/c1-16-9-12-11(10-4-5-15-8-10)2-3-13-14(12)18-7-6-17-13/h2-3,10,15H,4-9H2,1H3. The molecule has 4 heteroatoms. The first-order valence-electron chi connectivity index (χ1n) is 6.51. The van der Waals surface area contributed by atoms with Crippen molar-refractivity contribution in [1.29, 1.82) is 0 Å². The Morgan fingerprint density at radius 3 is 3.00 bits per heavy atom. The Morgan fingerprint density at radius 1 is 1.33 bits per heavy atom. The first-order chi connectivity index (χ1) is 8.90. The lowest BCUT2D eigenvalue weighted by Gasteiger charge is -2.24. The minimum Gasteiger partial charge on any atom is -0.486 e. The third-order valence-electron chi connectivity index (χ3n) is 3.64. The second kappa shape index (κ2) is 5.16. The number of methoxy groups -OCH3 is 1. The second-order valence-electron chi connectivity index (χ2n) is 4.78. The van der Waals surface area contributed by atoms with Crippen LogP contribution in [0.2, 0.25) is 0 Å². The third kappa shape index (κ3) is 2.06. The molecule has 1 unspecified atom stereocenters. The summed E-state index contributed by atoms with van der Waals surface area (Å²) in [6.07, 6.45) is 1.18. The molecule has 2 aliphatic heterocycles. The third-order valence-corrected chi connectivity index (χ3v) is 3.64. The number of hydrogen-bond donors (Lipinski definition) is 1. The van der Waals surface area contributed by atoms with Crippen molar-refractivity contribution < 1.29 is 14.2 Å². The molecule has 1 saturated heterocycles. The summed E-state index contributed by atoms with van der Waals surface area (Å²) in [6.45, 7) is 3.96. The van der Waals surface area contributed by atoms with Gasteiger partial charge in [-0.2, -0.15) is 0 Å². The molecule has 0 spiro atoms. The van der Waals surface area contributed by atoms with E-state index in [1.165, 1.54) is 12.0 Å². The highest BCUT2D eigenvalue weighted by Crippen LogP contribution is 2.40. The zero-order chi connectivity index (χ0) is 12.4. The van der Waals surface area contributed by atoms with E-state index in [0.717, 1.165) is 30.2 Å². The molecule has 0 aliphatic carbocycles. The monoisotopic (exact) mass is 249 g/mol. The van der Waals surface area contributed by atoms with Crippen molar-refractivity contribution in [2.75, 3.05) is 33.4 Å². The second-order valence-corrected chi connectivity index (χ2v) is 4.78. The van der Waals surface area contributed by atoms with Crippen LogP contribution >= 0.6 is 0 Å². The Balaban J connectivity index is 2.01. The highest BCUT2D eigenvalue weighted by atomic mass is 16.6. The van der Waals surface area contributed by atoms with E-state index in [1.807, 2.05) is 6.07 Å². The molecule has 0 radical (unpaired) electrons. The van der Waals surface area contributed by atoms with E-state index in [9.17, 15) is 0 Å². The Morgan fingerprint density at radius 2 is 2.22 bits per heavy atom. The van der Waals surface area contributed by atoms with Crippen molar-refractivity contribution in [3.63, 3.8) is 0 Å². The van der Waals surface area contributed by atoms with Crippen LogP contribution in [0.1, 0.15) is 23.5 Å². The summed E-state index contributed by atoms with van der Waals surface area (Å²) >= 11 is 0. The molecule has 4 nitrogen and oxygen atoms in total. The fourth-order valence-electron chi connectivity index (χ4n) is 2.78. The molecule has 0 bridgehead atoms. The quantitative estimate of drug-likeness (QED) is 0.884. The van der Waals surface area contributed by atoms with E-state index in [4.69, 9.17) is 14.2 Å². The van der Waals surface area contributed by atoms with Crippen LogP contribution in [0, 0.1) is 0 Å². The topological polar surface area (TPSA) is 39.7 Å². The summed E-state index contributed by atoms with van der Waals surface area (Å²) in [5, 5.41) is 3.41. The molecule has 18 heavy (non-hydrogen) atoms. The summed E-state index contributed by atoms with van der Waals surface area (Å²) in [4.78, 5) is 0. The van der Waals surface area contributed by atoms with Crippen molar-refractivity contribution in [3.8, 4) is 11.5 Å². The highest BCUT2D eigenvalue weighted by Gasteiger charge is 2.25. The SMILES string of the molecule is COCc1c(C2CCNC2)ccc2c1OCCO2. The minimum absolute atomic E-state index is 0.561. The summed E-state index contributed by atoms with van der Waals surface area (Å²) in [6, 6.07) is 4.20. The van der Waals surface area contributed by atoms with Crippen LogP contribution in [0.5, 0.6) is 11.5 Å². The van der Waals surface area contributed by atoms with Crippen molar-refractivity contribution in [2.45, 2.75) is 18.9 Å². The molecule has 1 aromatic rings. The molecular formula is C14H19NO3. The van der Waals surface area contributed by atoms with Gasteiger partial charge in [0.2, 0.25) is 0 Å². The molecule has 1 fully saturated rings. The van der Waals surface area contributed by atoms with Gasteiger partial charge in [-0.15, -0.1) is 0 Å². The van der Waals surface area contributed by atoms with Crippen molar-refractivity contribution in [1.82, 2.24) is 5.32 Å². The number of benzene rings is 1. The maximum Gasteiger partial charge on any atom is 0.167 e. The zero-order valence-corrected chi connectivity index (χ0v) is 10.7. The lowest BCUT2D eigenvalue weighted by atomic mass is 9.92. The first-order valence-corrected chi connectivity index (χ1v) is 6.51. The van der Waals surface area contributed by atoms with E-state index in [-0.39, 0.29) is 0 Å². The average Bonchev–Trinajstić information content (AvgIpc) is 2.93.